The van der Waals surface area contributed by atoms with Crippen molar-refractivity contribution in [3.8, 4) is 49.9 Å². The fourth-order valence-electron chi connectivity index (χ4n) is 11.1. The van der Waals surface area contributed by atoms with Crippen LogP contribution in [0, 0.1) is 0 Å². The second kappa shape index (κ2) is 15.1. The first-order chi connectivity index (χ1) is 33.3. The van der Waals surface area contributed by atoms with Crippen LogP contribution < -0.4 is 4.90 Å². The van der Waals surface area contributed by atoms with Gasteiger partial charge in [0.1, 0.15) is 0 Å². The highest BCUT2D eigenvalue weighted by molar-refractivity contribution is 7.23. The lowest BCUT2D eigenvalue weighted by Crippen LogP contribution is -2.30. The summed E-state index contributed by atoms with van der Waals surface area (Å²) in [6, 6.07) is 79.3. The van der Waals surface area contributed by atoms with Crippen molar-refractivity contribution in [2.75, 3.05) is 4.90 Å². The topological polar surface area (TPSA) is 34.0 Å². The van der Waals surface area contributed by atoms with Crippen molar-refractivity contribution in [1.29, 1.82) is 0 Å². The monoisotopic (exact) mass is 872 g/mol. The zero-order chi connectivity index (χ0) is 44.0. The molecule has 1 aliphatic heterocycles. The number of benzene rings is 9. The third kappa shape index (κ3) is 5.85. The molecule has 0 saturated heterocycles. The SMILES string of the molecule is C1=CC2C(c3ccccc31)c1cccc(-c3ccc4c(c3)c3ccc5ccccc5c3n4-c3nc(-c4ccccc4)c4sc(-c5ccccc5)c(-c5ccccc5)c4n3)c1N2c1ccccc1. The van der Waals surface area contributed by atoms with Gasteiger partial charge in [0.05, 0.1) is 38.7 Å². The summed E-state index contributed by atoms with van der Waals surface area (Å²) in [5.41, 5.74) is 17.4. The van der Waals surface area contributed by atoms with E-state index in [0.29, 0.717) is 5.95 Å². The van der Waals surface area contributed by atoms with E-state index < -0.39 is 0 Å². The van der Waals surface area contributed by atoms with Crippen LogP contribution in [0.5, 0.6) is 0 Å². The van der Waals surface area contributed by atoms with Gasteiger partial charge >= 0.3 is 0 Å². The lowest BCUT2D eigenvalue weighted by atomic mass is 9.81. The fraction of sp³-hybridized carbons (Fsp3) is 0.0323. The van der Waals surface area contributed by atoms with E-state index in [0.717, 1.165) is 65.4 Å². The molecule has 67 heavy (non-hydrogen) atoms. The Morgan fingerprint density at radius 1 is 0.493 bits per heavy atom. The zero-order valence-electron chi connectivity index (χ0n) is 36.3. The van der Waals surface area contributed by atoms with Gasteiger partial charge in [-0.2, -0.15) is 0 Å². The van der Waals surface area contributed by atoms with Crippen LogP contribution in [-0.2, 0) is 0 Å². The number of aromatic nitrogens is 3. The predicted octanol–water partition coefficient (Wildman–Crippen LogP) is 16.3. The van der Waals surface area contributed by atoms with Crippen LogP contribution >= 0.6 is 11.3 Å². The molecule has 2 aliphatic rings. The number of anilines is 2. The first kappa shape index (κ1) is 37.9. The van der Waals surface area contributed by atoms with Gasteiger partial charge in [-0.05, 0) is 63.0 Å². The van der Waals surface area contributed by atoms with Gasteiger partial charge in [0.2, 0.25) is 5.95 Å². The van der Waals surface area contributed by atoms with Crippen LogP contribution in [0.15, 0.2) is 224 Å². The Labute approximate surface area is 392 Å². The molecule has 0 bridgehead atoms. The van der Waals surface area contributed by atoms with Crippen LogP contribution in [0.4, 0.5) is 11.4 Å². The molecule has 0 saturated carbocycles. The van der Waals surface area contributed by atoms with Crippen molar-refractivity contribution in [2.24, 2.45) is 0 Å². The molecule has 5 heteroatoms. The van der Waals surface area contributed by atoms with E-state index in [9.17, 15) is 0 Å². The minimum Gasteiger partial charge on any atom is -0.333 e. The number of rotatable bonds is 6. The van der Waals surface area contributed by atoms with Gasteiger partial charge < -0.3 is 4.90 Å². The standard InChI is InChI=1S/C62H40N4S/c1-5-20-41(21-6-1)54-57-61(67-60(54)43-24-9-3-10-25-43)56(42-22-7-2-8-23-42)63-62(64-57)66-52-36-34-44(38-51(52)49-35-32-40-19-14-16-29-47(40)58(49)66)48-30-17-31-50-55-46-28-15-13-18-39(46)33-37-53(55)65(59(48)50)45-26-11-4-12-27-45/h1-38,53,55H. The molecule has 0 amide bonds. The van der Waals surface area contributed by atoms with Crippen molar-refractivity contribution < 1.29 is 0 Å². The summed E-state index contributed by atoms with van der Waals surface area (Å²) in [6.07, 6.45) is 4.72. The van der Waals surface area contributed by atoms with Crippen molar-refractivity contribution in [2.45, 2.75) is 12.0 Å². The molecule has 3 aromatic heterocycles. The maximum atomic E-state index is 5.71. The number of hydrogen-bond donors (Lipinski definition) is 0. The fourth-order valence-corrected chi connectivity index (χ4v) is 12.3. The van der Waals surface area contributed by atoms with Crippen LogP contribution in [0.2, 0.25) is 0 Å². The first-order valence-electron chi connectivity index (χ1n) is 23.0. The molecule has 4 heterocycles. The largest absolute Gasteiger partial charge is 0.333 e. The van der Waals surface area contributed by atoms with E-state index >= 15 is 0 Å². The number of thiophene rings is 1. The summed E-state index contributed by atoms with van der Waals surface area (Å²) in [4.78, 5) is 15.1. The van der Waals surface area contributed by atoms with Crippen LogP contribution in [0.25, 0.3) is 98.8 Å². The summed E-state index contributed by atoms with van der Waals surface area (Å²) in [6.45, 7) is 0. The molecule has 14 rings (SSSR count). The highest BCUT2D eigenvalue weighted by atomic mass is 32.1. The van der Waals surface area contributed by atoms with Crippen molar-refractivity contribution in [1.82, 2.24) is 14.5 Å². The summed E-state index contributed by atoms with van der Waals surface area (Å²) in [5.74, 6) is 0.856. The van der Waals surface area contributed by atoms with Crippen molar-refractivity contribution in [3.63, 3.8) is 0 Å². The third-order valence-electron chi connectivity index (χ3n) is 14.0. The van der Waals surface area contributed by atoms with E-state index in [1.165, 1.54) is 49.5 Å². The number of fused-ring (bicyclic) bond motifs is 11. The van der Waals surface area contributed by atoms with Crippen molar-refractivity contribution >= 4 is 71.6 Å². The number of hydrogen-bond acceptors (Lipinski definition) is 4. The highest BCUT2D eigenvalue weighted by Crippen LogP contribution is 2.55. The number of nitrogens with zero attached hydrogens (tertiary/aromatic N) is 4. The van der Waals surface area contributed by atoms with Crippen LogP contribution in [0.1, 0.15) is 22.6 Å². The Morgan fingerprint density at radius 2 is 1.18 bits per heavy atom. The van der Waals surface area contributed by atoms with Gasteiger partial charge in [-0.1, -0.05) is 206 Å². The Morgan fingerprint density at radius 3 is 1.99 bits per heavy atom. The van der Waals surface area contributed by atoms with Gasteiger partial charge in [0.15, 0.2) is 0 Å². The molecule has 0 fully saturated rings. The van der Waals surface area contributed by atoms with Gasteiger partial charge in [-0.25, -0.2) is 9.97 Å². The molecule has 1 aliphatic carbocycles. The second-order valence-electron chi connectivity index (χ2n) is 17.6. The maximum absolute atomic E-state index is 5.71. The second-order valence-corrected chi connectivity index (χ2v) is 18.6. The maximum Gasteiger partial charge on any atom is 0.235 e. The van der Waals surface area contributed by atoms with Gasteiger partial charge in [0, 0.05) is 49.3 Å². The normalized spacial score (nSPS) is 15.1. The zero-order valence-corrected chi connectivity index (χ0v) is 37.1. The molecule has 0 spiro atoms. The van der Waals surface area contributed by atoms with E-state index in [2.05, 4.69) is 240 Å². The average molecular weight is 873 g/mol. The Bertz CT molecular complexity index is 3930. The van der Waals surface area contributed by atoms with Crippen LogP contribution in [-0.4, -0.2) is 20.6 Å². The summed E-state index contributed by atoms with van der Waals surface area (Å²) in [7, 11) is 0. The van der Waals surface area contributed by atoms with E-state index in [1.54, 1.807) is 11.3 Å². The first-order valence-corrected chi connectivity index (χ1v) is 23.8. The van der Waals surface area contributed by atoms with Gasteiger partial charge in [-0.15, -0.1) is 11.3 Å². The van der Waals surface area contributed by atoms with Gasteiger partial charge in [0.25, 0.3) is 0 Å². The molecule has 2 atom stereocenters. The average Bonchev–Trinajstić information content (AvgIpc) is 4.08. The third-order valence-corrected chi connectivity index (χ3v) is 15.2. The summed E-state index contributed by atoms with van der Waals surface area (Å²) in [5, 5.41) is 4.65. The van der Waals surface area contributed by atoms with Gasteiger partial charge in [-0.3, -0.25) is 4.57 Å². The highest BCUT2D eigenvalue weighted by Gasteiger charge is 2.42. The Kier molecular flexibility index (Phi) is 8.55. The van der Waals surface area contributed by atoms with E-state index in [1.807, 2.05) is 0 Å². The molecule has 4 nitrogen and oxygen atoms in total. The lowest BCUT2D eigenvalue weighted by molar-refractivity contribution is 0.725. The molecule has 0 N–H and O–H groups in total. The lowest BCUT2D eigenvalue weighted by Gasteiger charge is -2.32. The molecular weight excluding hydrogens is 833 g/mol. The Balaban J connectivity index is 1.05. The Hall–Kier alpha value is -8.38. The minimum absolute atomic E-state index is 0.150. The molecule has 2 unspecified atom stereocenters. The molecule has 314 valence electrons. The molecule has 12 aromatic rings. The van der Waals surface area contributed by atoms with Crippen molar-refractivity contribution in [3.05, 3.63) is 241 Å². The molecule has 0 radical (unpaired) electrons. The smallest absolute Gasteiger partial charge is 0.235 e. The molecular formula is C62H40N4S. The van der Waals surface area contributed by atoms with E-state index in [-0.39, 0.29) is 12.0 Å². The predicted molar refractivity (Wildman–Crippen MR) is 281 cm³/mol. The summed E-state index contributed by atoms with van der Waals surface area (Å²) >= 11 is 1.78. The quantitative estimate of drug-likeness (QED) is 0.167. The minimum atomic E-state index is 0.150. The summed E-state index contributed by atoms with van der Waals surface area (Å²) < 4.78 is 3.40. The molecule has 9 aromatic carbocycles. The van der Waals surface area contributed by atoms with Crippen LogP contribution in [0.3, 0.4) is 0 Å². The number of para-hydroxylation sites is 2. The van der Waals surface area contributed by atoms with E-state index in [4.69, 9.17) is 9.97 Å².